The maximum Gasteiger partial charge on any atom is 0.146 e. The first-order valence-corrected chi connectivity index (χ1v) is 5.38. The van der Waals surface area contributed by atoms with E-state index in [4.69, 9.17) is 0 Å². The molecule has 1 unspecified atom stereocenters. The van der Waals surface area contributed by atoms with Crippen LogP contribution in [0.25, 0.3) is 0 Å². The lowest BCUT2D eigenvalue weighted by Crippen LogP contribution is -2.21. The fourth-order valence-corrected chi connectivity index (χ4v) is 1.28. The first kappa shape index (κ1) is 12.1. The number of aromatic nitrogens is 3. The van der Waals surface area contributed by atoms with Crippen molar-refractivity contribution >= 4 is 0 Å². The van der Waals surface area contributed by atoms with Crippen LogP contribution in [0.4, 0.5) is 0 Å². The summed E-state index contributed by atoms with van der Waals surface area (Å²) in [5.74, 6) is 1.85. The van der Waals surface area contributed by atoms with Gasteiger partial charge in [-0.2, -0.15) is 0 Å². The largest absolute Gasteiger partial charge is 0.393 e. The van der Waals surface area contributed by atoms with E-state index in [9.17, 15) is 5.11 Å². The summed E-state index contributed by atoms with van der Waals surface area (Å²) in [5.41, 5.74) is 0. The molecule has 0 aliphatic carbocycles. The zero-order valence-corrected chi connectivity index (χ0v) is 9.69. The van der Waals surface area contributed by atoms with Gasteiger partial charge in [-0.1, -0.05) is 6.92 Å². The smallest absolute Gasteiger partial charge is 0.146 e. The first-order valence-electron chi connectivity index (χ1n) is 5.38. The van der Waals surface area contributed by atoms with Gasteiger partial charge >= 0.3 is 0 Å². The third kappa shape index (κ3) is 3.60. The number of nitrogens with one attached hydrogen (secondary N) is 1. The van der Waals surface area contributed by atoms with E-state index in [2.05, 4.69) is 15.5 Å². The molecule has 5 heteroatoms. The van der Waals surface area contributed by atoms with E-state index in [1.54, 1.807) is 0 Å². The van der Waals surface area contributed by atoms with Crippen LogP contribution in [-0.2, 0) is 13.6 Å². The van der Waals surface area contributed by atoms with Crippen LogP contribution < -0.4 is 5.32 Å². The van der Waals surface area contributed by atoms with Gasteiger partial charge in [-0.25, -0.2) is 0 Å². The van der Waals surface area contributed by atoms with Gasteiger partial charge in [0.25, 0.3) is 0 Å². The Labute approximate surface area is 90.5 Å². The van der Waals surface area contributed by atoms with E-state index >= 15 is 0 Å². The number of hydrogen-bond acceptors (Lipinski definition) is 4. The summed E-state index contributed by atoms with van der Waals surface area (Å²) in [7, 11) is 1.95. The summed E-state index contributed by atoms with van der Waals surface area (Å²) < 4.78 is 1.96. The van der Waals surface area contributed by atoms with Crippen LogP contribution in [0.3, 0.4) is 0 Å². The van der Waals surface area contributed by atoms with Crippen molar-refractivity contribution in [2.75, 3.05) is 6.54 Å². The molecule has 0 saturated heterocycles. The van der Waals surface area contributed by atoms with E-state index in [0.717, 1.165) is 31.0 Å². The summed E-state index contributed by atoms with van der Waals surface area (Å²) in [6.07, 6.45) is 1.40. The number of aryl methyl sites for hydroxylation is 1. The van der Waals surface area contributed by atoms with Crippen molar-refractivity contribution in [2.45, 2.75) is 39.3 Å². The molecule has 0 aromatic carbocycles. The zero-order valence-electron chi connectivity index (χ0n) is 9.69. The van der Waals surface area contributed by atoms with Crippen LogP contribution in [0.1, 0.15) is 31.4 Å². The summed E-state index contributed by atoms with van der Waals surface area (Å²) in [6, 6.07) is 0. The molecule has 1 atom stereocenters. The number of hydrogen-bond donors (Lipinski definition) is 2. The van der Waals surface area contributed by atoms with Crippen LogP contribution in [0.2, 0.25) is 0 Å². The Morgan fingerprint density at radius 3 is 2.73 bits per heavy atom. The van der Waals surface area contributed by atoms with Crippen LogP contribution >= 0.6 is 0 Å². The topological polar surface area (TPSA) is 63.0 Å². The molecular weight excluding hydrogens is 192 g/mol. The molecule has 86 valence electrons. The summed E-state index contributed by atoms with van der Waals surface area (Å²) in [4.78, 5) is 0. The van der Waals surface area contributed by atoms with Gasteiger partial charge in [-0.3, -0.25) is 0 Å². The highest BCUT2D eigenvalue weighted by Crippen LogP contribution is 1.98. The van der Waals surface area contributed by atoms with Gasteiger partial charge in [-0.05, 0) is 26.3 Å². The van der Waals surface area contributed by atoms with Crippen LogP contribution in [0.15, 0.2) is 0 Å². The van der Waals surface area contributed by atoms with Crippen molar-refractivity contribution in [1.82, 2.24) is 20.1 Å². The fourth-order valence-electron chi connectivity index (χ4n) is 1.28. The minimum Gasteiger partial charge on any atom is -0.393 e. The second-order valence-corrected chi connectivity index (χ2v) is 3.75. The first-order chi connectivity index (χ1) is 7.15. The molecule has 5 nitrogen and oxygen atoms in total. The van der Waals surface area contributed by atoms with Crippen molar-refractivity contribution in [3.05, 3.63) is 11.6 Å². The molecule has 1 rings (SSSR count). The lowest BCUT2D eigenvalue weighted by Gasteiger charge is -2.08. The monoisotopic (exact) mass is 212 g/mol. The maximum absolute atomic E-state index is 9.34. The summed E-state index contributed by atoms with van der Waals surface area (Å²) in [5, 5.41) is 20.6. The van der Waals surface area contributed by atoms with Crippen LogP contribution in [0.5, 0.6) is 0 Å². The third-order valence-electron chi connectivity index (χ3n) is 2.59. The van der Waals surface area contributed by atoms with E-state index in [-0.39, 0.29) is 6.10 Å². The maximum atomic E-state index is 9.34. The predicted octanol–water partition coefficient (Wildman–Crippen LogP) is 0.374. The lowest BCUT2D eigenvalue weighted by molar-refractivity contribution is 0.159. The van der Waals surface area contributed by atoms with Gasteiger partial charge in [0.1, 0.15) is 11.6 Å². The van der Waals surface area contributed by atoms with Crippen molar-refractivity contribution < 1.29 is 5.11 Å². The van der Waals surface area contributed by atoms with Crippen molar-refractivity contribution in [2.24, 2.45) is 7.05 Å². The second kappa shape index (κ2) is 5.82. The van der Waals surface area contributed by atoms with Crippen LogP contribution in [0, 0.1) is 6.92 Å². The highest BCUT2D eigenvalue weighted by Gasteiger charge is 2.04. The average molecular weight is 212 g/mol. The zero-order chi connectivity index (χ0) is 11.3. The molecule has 0 radical (unpaired) electrons. The Hall–Kier alpha value is -0.940. The Morgan fingerprint density at radius 1 is 1.47 bits per heavy atom. The normalized spacial score (nSPS) is 13.1. The molecule has 0 fully saturated rings. The minimum atomic E-state index is -0.196. The number of nitrogens with zero attached hydrogens (tertiary/aromatic N) is 3. The van der Waals surface area contributed by atoms with E-state index < -0.39 is 0 Å². The Kier molecular flexibility index (Phi) is 4.71. The summed E-state index contributed by atoms with van der Waals surface area (Å²) in [6.45, 7) is 5.42. The van der Waals surface area contributed by atoms with Gasteiger partial charge in [-0.15, -0.1) is 10.2 Å². The molecule has 0 spiro atoms. The predicted molar refractivity (Wildman–Crippen MR) is 58.4 cm³/mol. The van der Waals surface area contributed by atoms with Gasteiger partial charge < -0.3 is 15.0 Å². The average Bonchev–Trinajstić information content (AvgIpc) is 2.55. The van der Waals surface area contributed by atoms with Gasteiger partial charge in [0.15, 0.2) is 0 Å². The molecule has 0 bridgehead atoms. The fraction of sp³-hybridized carbons (Fsp3) is 0.800. The van der Waals surface area contributed by atoms with E-state index in [0.29, 0.717) is 6.54 Å². The highest BCUT2D eigenvalue weighted by atomic mass is 16.3. The lowest BCUT2D eigenvalue weighted by atomic mass is 10.2. The molecular formula is C10H20N4O. The summed E-state index contributed by atoms with van der Waals surface area (Å²) >= 11 is 0. The SMILES string of the molecule is CCC(O)CCNCc1nnc(C)n1C. The van der Waals surface area contributed by atoms with Gasteiger partial charge in [0, 0.05) is 7.05 Å². The standard InChI is InChI=1S/C10H20N4O/c1-4-9(15)5-6-11-7-10-13-12-8(2)14(10)3/h9,11,15H,4-7H2,1-3H3. The van der Waals surface area contributed by atoms with E-state index in [1.807, 2.05) is 25.5 Å². The number of rotatable bonds is 6. The highest BCUT2D eigenvalue weighted by molar-refractivity contribution is 4.91. The molecule has 15 heavy (non-hydrogen) atoms. The quantitative estimate of drug-likeness (QED) is 0.669. The molecule has 0 aliphatic heterocycles. The van der Waals surface area contributed by atoms with Crippen molar-refractivity contribution in [1.29, 1.82) is 0 Å². The van der Waals surface area contributed by atoms with Gasteiger partial charge in [0.2, 0.25) is 0 Å². The number of aliphatic hydroxyl groups is 1. The molecule has 1 aromatic rings. The van der Waals surface area contributed by atoms with Gasteiger partial charge in [0.05, 0.1) is 12.6 Å². The molecule has 1 aromatic heterocycles. The molecule has 2 N–H and O–H groups in total. The number of aliphatic hydroxyl groups excluding tert-OH is 1. The molecule has 0 aliphatic rings. The minimum absolute atomic E-state index is 0.196. The molecule has 0 amide bonds. The third-order valence-corrected chi connectivity index (χ3v) is 2.59. The second-order valence-electron chi connectivity index (χ2n) is 3.75. The molecule has 1 heterocycles. The van der Waals surface area contributed by atoms with E-state index in [1.165, 1.54) is 0 Å². The van der Waals surface area contributed by atoms with Crippen molar-refractivity contribution in [3.8, 4) is 0 Å². The van der Waals surface area contributed by atoms with Crippen LogP contribution in [-0.4, -0.2) is 32.5 Å². The Bertz CT molecular complexity index is 298. The molecule has 0 saturated carbocycles. The van der Waals surface area contributed by atoms with Crippen molar-refractivity contribution in [3.63, 3.8) is 0 Å². The Morgan fingerprint density at radius 2 is 2.20 bits per heavy atom. The Balaban J connectivity index is 2.23.